The van der Waals surface area contributed by atoms with Gasteiger partial charge in [0.1, 0.15) is 11.5 Å². The van der Waals surface area contributed by atoms with Gasteiger partial charge in [-0.2, -0.15) is 0 Å². The van der Waals surface area contributed by atoms with E-state index >= 15 is 0 Å². The van der Waals surface area contributed by atoms with Crippen molar-refractivity contribution in [2.24, 2.45) is 11.1 Å². The Morgan fingerprint density at radius 2 is 2.19 bits per heavy atom. The number of halogens is 1. The third kappa shape index (κ3) is 4.27. The topological polar surface area (TPSA) is 64.3 Å². The molecule has 0 radical (unpaired) electrons. The second-order valence-electron chi connectivity index (χ2n) is 6.92. The smallest absolute Gasteiger partial charge is 0.226 e. The summed E-state index contributed by atoms with van der Waals surface area (Å²) in [6, 6.07) is 11.2. The first-order valence-corrected chi connectivity index (χ1v) is 9.40. The van der Waals surface area contributed by atoms with E-state index in [0.717, 1.165) is 24.2 Å². The summed E-state index contributed by atoms with van der Waals surface area (Å²) in [6.07, 6.45) is 2.31. The number of furan rings is 1. The Balaban J connectivity index is 1.43. The largest absolute Gasteiger partial charge is 0.497 e. The molecule has 1 aliphatic carbocycles. The minimum Gasteiger partial charge on any atom is -0.497 e. The van der Waals surface area contributed by atoms with Crippen LogP contribution in [0.5, 0.6) is 5.75 Å². The van der Waals surface area contributed by atoms with Crippen LogP contribution in [0.4, 0.5) is 0 Å². The van der Waals surface area contributed by atoms with Crippen LogP contribution in [0.2, 0.25) is 5.22 Å². The maximum Gasteiger partial charge on any atom is 0.226 e. The van der Waals surface area contributed by atoms with Crippen LogP contribution in [0.3, 0.4) is 0 Å². The second kappa shape index (κ2) is 7.64. The van der Waals surface area contributed by atoms with Crippen LogP contribution in [0, 0.1) is 5.92 Å². The summed E-state index contributed by atoms with van der Waals surface area (Å²) in [4.78, 5) is 20.2. The Hall–Kier alpha value is -2.47. The number of hydrogen-bond acceptors (Lipinski definition) is 5. The number of benzene rings is 1. The zero-order chi connectivity index (χ0) is 18.8. The van der Waals surface area contributed by atoms with Crippen molar-refractivity contribution >= 4 is 23.2 Å². The summed E-state index contributed by atoms with van der Waals surface area (Å²) in [5.74, 6) is 1.70. The lowest BCUT2D eigenvalue weighted by molar-refractivity contribution is -0.135. The Bertz CT molecular complexity index is 859. The molecule has 1 aliphatic heterocycles. The molecule has 1 amide bonds. The summed E-state index contributed by atoms with van der Waals surface area (Å²) < 4.78 is 10.7. The molecule has 0 bridgehead atoms. The van der Waals surface area contributed by atoms with Crippen LogP contribution >= 0.6 is 11.6 Å². The van der Waals surface area contributed by atoms with Gasteiger partial charge in [-0.15, -0.1) is 0 Å². The third-order valence-corrected chi connectivity index (χ3v) is 4.96. The third-order valence-electron chi connectivity index (χ3n) is 4.76. The van der Waals surface area contributed by atoms with Crippen molar-refractivity contribution in [1.29, 1.82) is 0 Å². The quantitative estimate of drug-likeness (QED) is 0.722. The van der Waals surface area contributed by atoms with Crippen molar-refractivity contribution in [3.8, 4) is 5.75 Å². The zero-order valence-electron chi connectivity index (χ0n) is 15.1. The van der Waals surface area contributed by atoms with E-state index in [1.807, 2.05) is 29.2 Å². The van der Waals surface area contributed by atoms with E-state index in [-0.39, 0.29) is 17.9 Å². The summed E-state index contributed by atoms with van der Waals surface area (Å²) in [5, 5.41) is 4.43. The molecule has 6 nitrogen and oxygen atoms in total. The number of carbonyl (C=O) groups excluding carboxylic acids is 1. The number of ether oxygens (including phenoxy) is 1. The molecule has 1 saturated carbocycles. The molecule has 2 heterocycles. The van der Waals surface area contributed by atoms with Crippen molar-refractivity contribution < 1.29 is 18.8 Å². The maximum atomic E-state index is 12.8. The molecule has 142 valence electrons. The maximum absolute atomic E-state index is 12.8. The summed E-state index contributed by atoms with van der Waals surface area (Å²) >= 11 is 5.83. The van der Waals surface area contributed by atoms with E-state index in [2.05, 4.69) is 5.16 Å². The van der Waals surface area contributed by atoms with Crippen LogP contribution in [0.25, 0.3) is 0 Å². The molecule has 2 aliphatic rings. The number of amides is 1. The van der Waals surface area contributed by atoms with Gasteiger partial charge in [-0.25, -0.2) is 0 Å². The van der Waals surface area contributed by atoms with Gasteiger partial charge in [0.15, 0.2) is 17.1 Å². The van der Waals surface area contributed by atoms with E-state index < -0.39 is 0 Å². The van der Waals surface area contributed by atoms with Gasteiger partial charge >= 0.3 is 0 Å². The van der Waals surface area contributed by atoms with Crippen LogP contribution in [-0.4, -0.2) is 36.3 Å². The van der Waals surface area contributed by atoms with E-state index in [1.165, 1.54) is 0 Å². The highest BCUT2D eigenvalue weighted by Gasteiger charge is 2.36. The standard InChI is InChI=1S/C20H21ClN2O4/c1-25-15-4-2-3-13(9-15)11-23(20(24)14-5-6-14)12-16-10-17(22-27-16)18-7-8-19(21)26-18/h2-4,7-9,14,16H,5-6,10-12H2,1H3. The second-order valence-corrected chi connectivity index (χ2v) is 7.29. The fourth-order valence-electron chi connectivity index (χ4n) is 3.20. The summed E-state index contributed by atoms with van der Waals surface area (Å²) in [7, 11) is 1.64. The molecule has 1 aromatic carbocycles. The fraction of sp³-hybridized carbons (Fsp3) is 0.400. The SMILES string of the molecule is COc1cccc(CN(CC2CC(c3ccc(Cl)o3)=NO2)C(=O)C2CC2)c1. The lowest BCUT2D eigenvalue weighted by Gasteiger charge is -2.25. The molecule has 0 N–H and O–H groups in total. The van der Waals surface area contributed by atoms with E-state index in [9.17, 15) is 4.79 Å². The average molecular weight is 389 g/mol. The van der Waals surface area contributed by atoms with Crippen molar-refractivity contribution in [3.05, 3.63) is 52.9 Å². The van der Waals surface area contributed by atoms with Crippen LogP contribution in [-0.2, 0) is 16.2 Å². The summed E-state index contributed by atoms with van der Waals surface area (Å²) in [5.41, 5.74) is 1.74. The minimum atomic E-state index is -0.197. The first-order valence-electron chi connectivity index (χ1n) is 9.02. The van der Waals surface area contributed by atoms with Crippen LogP contribution in [0.1, 0.15) is 30.6 Å². The van der Waals surface area contributed by atoms with Crippen molar-refractivity contribution in [3.63, 3.8) is 0 Å². The monoisotopic (exact) mass is 388 g/mol. The van der Waals surface area contributed by atoms with Gasteiger partial charge in [0.2, 0.25) is 5.91 Å². The van der Waals surface area contributed by atoms with Gasteiger partial charge in [0.25, 0.3) is 0 Å². The van der Waals surface area contributed by atoms with Gasteiger partial charge in [-0.05, 0) is 54.3 Å². The average Bonchev–Trinajstić information content (AvgIpc) is 3.28. The Labute approximate surface area is 162 Å². The molecule has 1 atom stereocenters. The number of oxime groups is 1. The molecule has 1 fully saturated rings. The normalized spacial score (nSPS) is 18.7. The van der Waals surface area contributed by atoms with Crippen molar-refractivity contribution in [2.75, 3.05) is 13.7 Å². The minimum absolute atomic E-state index is 0.140. The highest BCUT2D eigenvalue weighted by atomic mass is 35.5. The van der Waals surface area contributed by atoms with E-state index in [4.69, 9.17) is 25.6 Å². The lowest BCUT2D eigenvalue weighted by Crippen LogP contribution is -2.38. The van der Waals surface area contributed by atoms with E-state index in [0.29, 0.717) is 36.2 Å². The van der Waals surface area contributed by atoms with Crippen LogP contribution < -0.4 is 4.74 Å². The predicted octanol–water partition coefficient (Wildman–Crippen LogP) is 3.87. The van der Waals surface area contributed by atoms with Gasteiger partial charge in [-0.3, -0.25) is 4.79 Å². The Morgan fingerprint density at radius 3 is 2.89 bits per heavy atom. The number of methoxy groups -OCH3 is 1. The first kappa shape index (κ1) is 17.9. The number of rotatable bonds is 7. The highest BCUT2D eigenvalue weighted by Crippen LogP contribution is 2.32. The molecule has 0 saturated heterocycles. The van der Waals surface area contributed by atoms with Gasteiger partial charge in [0, 0.05) is 18.9 Å². The highest BCUT2D eigenvalue weighted by molar-refractivity contribution is 6.29. The Kier molecular flexibility index (Phi) is 5.07. The molecule has 4 rings (SSSR count). The molecule has 7 heteroatoms. The van der Waals surface area contributed by atoms with Gasteiger partial charge < -0.3 is 18.9 Å². The Morgan fingerprint density at radius 1 is 1.33 bits per heavy atom. The van der Waals surface area contributed by atoms with Gasteiger partial charge in [-0.1, -0.05) is 17.3 Å². The molecule has 1 unspecified atom stereocenters. The molecular formula is C20H21ClN2O4. The van der Waals surface area contributed by atoms with Gasteiger partial charge in [0.05, 0.1) is 13.7 Å². The molecular weight excluding hydrogens is 368 g/mol. The predicted molar refractivity (Wildman–Crippen MR) is 101 cm³/mol. The fourth-order valence-corrected chi connectivity index (χ4v) is 3.35. The van der Waals surface area contributed by atoms with Crippen molar-refractivity contribution in [2.45, 2.75) is 31.9 Å². The lowest BCUT2D eigenvalue weighted by atomic mass is 10.1. The number of carbonyl (C=O) groups is 1. The summed E-state index contributed by atoms with van der Waals surface area (Å²) in [6.45, 7) is 1.00. The molecule has 2 aromatic rings. The molecule has 0 spiro atoms. The zero-order valence-corrected chi connectivity index (χ0v) is 15.8. The van der Waals surface area contributed by atoms with E-state index in [1.54, 1.807) is 19.2 Å². The molecule has 27 heavy (non-hydrogen) atoms. The van der Waals surface area contributed by atoms with Crippen LogP contribution in [0.15, 0.2) is 46.0 Å². The number of nitrogens with zero attached hydrogens (tertiary/aromatic N) is 2. The molecule has 1 aromatic heterocycles. The first-order chi connectivity index (χ1) is 13.1. The van der Waals surface area contributed by atoms with Crippen molar-refractivity contribution in [1.82, 2.24) is 4.90 Å². The number of hydrogen-bond donors (Lipinski definition) is 0.